The third-order valence-electron chi connectivity index (χ3n) is 14.1. The topological polar surface area (TPSA) is 95.9 Å². The average molecular weight is 933 g/mol. The number of unbranched alkanes of at least 4 members (excludes halogenated alkanes) is 43. The van der Waals surface area contributed by atoms with E-state index >= 15 is 0 Å². The number of allylic oxidation sites excluding steroid dienone is 2. The normalized spacial score (nSPS) is 12.6. The van der Waals surface area contributed by atoms with E-state index < -0.39 is 12.1 Å². The monoisotopic (exact) mass is 932 g/mol. The summed E-state index contributed by atoms with van der Waals surface area (Å²) < 4.78 is 5.46. The van der Waals surface area contributed by atoms with Crippen molar-refractivity contribution < 1.29 is 24.5 Å². The van der Waals surface area contributed by atoms with Gasteiger partial charge in [-0.15, -0.1) is 0 Å². The Kier molecular flexibility index (Phi) is 55.0. The summed E-state index contributed by atoms with van der Waals surface area (Å²) >= 11 is 0. The van der Waals surface area contributed by atoms with Crippen molar-refractivity contribution in [1.82, 2.24) is 5.32 Å². The number of nitrogens with one attached hydrogen (secondary N) is 1. The molecule has 0 heterocycles. The molecule has 0 aromatic rings. The number of rotatable bonds is 56. The minimum Gasteiger partial charge on any atom is -0.466 e. The molecule has 0 aliphatic heterocycles. The molecular formula is C60H117NO5. The predicted molar refractivity (Wildman–Crippen MR) is 287 cm³/mol. The Morgan fingerprint density at radius 3 is 1.09 bits per heavy atom. The molecule has 392 valence electrons. The lowest BCUT2D eigenvalue weighted by molar-refractivity contribution is -0.143. The molecule has 6 nitrogen and oxygen atoms in total. The van der Waals surface area contributed by atoms with Gasteiger partial charge in [-0.2, -0.15) is 0 Å². The zero-order chi connectivity index (χ0) is 47.9. The standard InChI is InChI=1S/C60H117NO5/c1-3-5-7-9-11-13-15-17-18-19-20-21-22-23-24-25-26-29-32-36-40-44-48-52-58(63)57(56-62)61-59(64)53-49-45-41-37-33-30-27-31-35-39-43-47-51-55-66-60(65)54-50-46-42-38-34-28-16-14-12-10-8-6-4-2/h14,16,57-58,62-63H,3-13,15,17-56H2,1-2H3,(H,61,64)/b16-14-. The number of hydrogen-bond acceptors (Lipinski definition) is 5. The molecule has 3 N–H and O–H groups in total. The zero-order valence-electron chi connectivity index (χ0n) is 44.7. The molecule has 0 fully saturated rings. The molecular weight excluding hydrogens is 815 g/mol. The maximum atomic E-state index is 12.5. The third kappa shape index (κ3) is 52.0. The molecule has 0 aliphatic carbocycles. The number of carbonyl (C=O) groups excluding carboxylic acids is 2. The second-order valence-electron chi connectivity index (χ2n) is 20.7. The second-order valence-corrected chi connectivity index (χ2v) is 20.7. The van der Waals surface area contributed by atoms with Crippen LogP contribution in [0.2, 0.25) is 0 Å². The Bertz CT molecular complexity index is 986. The van der Waals surface area contributed by atoms with Crippen LogP contribution in [-0.2, 0) is 14.3 Å². The first kappa shape index (κ1) is 64.6. The van der Waals surface area contributed by atoms with Crippen molar-refractivity contribution in [1.29, 1.82) is 0 Å². The van der Waals surface area contributed by atoms with E-state index in [-0.39, 0.29) is 18.5 Å². The minimum atomic E-state index is -0.674. The number of aliphatic hydroxyl groups excluding tert-OH is 2. The zero-order valence-corrected chi connectivity index (χ0v) is 44.7. The summed E-state index contributed by atoms with van der Waals surface area (Å²) in [5, 5.41) is 23.4. The summed E-state index contributed by atoms with van der Waals surface area (Å²) in [6, 6.07) is -0.552. The third-order valence-corrected chi connectivity index (χ3v) is 14.1. The quantitative estimate of drug-likeness (QED) is 0.0321. The van der Waals surface area contributed by atoms with Crippen LogP contribution in [0.1, 0.15) is 335 Å². The van der Waals surface area contributed by atoms with Crippen LogP contribution in [0.5, 0.6) is 0 Å². The molecule has 0 spiro atoms. The van der Waals surface area contributed by atoms with Gasteiger partial charge in [0.15, 0.2) is 0 Å². The Morgan fingerprint density at radius 2 is 0.712 bits per heavy atom. The van der Waals surface area contributed by atoms with Crippen molar-refractivity contribution in [3.63, 3.8) is 0 Å². The summed E-state index contributed by atoms with van der Waals surface area (Å²) in [4.78, 5) is 24.5. The van der Waals surface area contributed by atoms with E-state index in [2.05, 4.69) is 31.3 Å². The number of esters is 1. The summed E-state index contributed by atoms with van der Waals surface area (Å²) in [5.41, 5.74) is 0. The van der Waals surface area contributed by atoms with Gasteiger partial charge in [-0.1, -0.05) is 283 Å². The highest BCUT2D eigenvalue weighted by Crippen LogP contribution is 2.18. The summed E-state index contributed by atoms with van der Waals surface area (Å²) in [5.74, 6) is -0.0578. The van der Waals surface area contributed by atoms with Crippen LogP contribution in [0.4, 0.5) is 0 Å². The predicted octanol–water partition coefficient (Wildman–Crippen LogP) is 18.5. The molecule has 0 aromatic carbocycles. The molecule has 1 amide bonds. The summed E-state index contributed by atoms with van der Waals surface area (Å²) in [6.07, 6.45) is 66.3. The van der Waals surface area contributed by atoms with Gasteiger partial charge in [-0.25, -0.2) is 0 Å². The van der Waals surface area contributed by atoms with E-state index in [1.807, 2.05) is 0 Å². The van der Waals surface area contributed by atoms with E-state index in [4.69, 9.17) is 4.74 Å². The maximum absolute atomic E-state index is 12.5. The molecule has 0 bridgehead atoms. The molecule has 0 saturated carbocycles. The van der Waals surface area contributed by atoms with E-state index in [9.17, 15) is 19.8 Å². The molecule has 0 aliphatic rings. The number of amides is 1. The number of hydrogen-bond donors (Lipinski definition) is 3. The lowest BCUT2D eigenvalue weighted by Gasteiger charge is -2.22. The lowest BCUT2D eigenvalue weighted by Crippen LogP contribution is -2.45. The van der Waals surface area contributed by atoms with Crippen LogP contribution in [0.25, 0.3) is 0 Å². The fraction of sp³-hybridized carbons (Fsp3) is 0.933. The van der Waals surface area contributed by atoms with E-state index in [0.717, 1.165) is 51.4 Å². The van der Waals surface area contributed by atoms with Crippen LogP contribution in [-0.4, -0.2) is 47.4 Å². The van der Waals surface area contributed by atoms with Crippen molar-refractivity contribution in [2.24, 2.45) is 0 Å². The van der Waals surface area contributed by atoms with Gasteiger partial charge >= 0.3 is 5.97 Å². The van der Waals surface area contributed by atoms with Crippen LogP contribution in [0.3, 0.4) is 0 Å². The van der Waals surface area contributed by atoms with E-state index in [0.29, 0.717) is 25.9 Å². The Labute approximate surface area is 412 Å². The molecule has 0 saturated heterocycles. The van der Waals surface area contributed by atoms with Gasteiger partial charge < -0.3 is 20.3 Å². The van der Waals surface area contributed by atoms with Crippen molar-refractivity contribution >= 4 is 11.9 Å². The van der Waals surface area contributed by atoms with Crippen LogP contribution >= 0.6 is 0 Å². The Balaban J connectivity index is 3.44. The fourth-order valence-electron chi connectivity index (χ4n) is 9.46. The highest BCUT2D eigenvalue weighted by Gasteiger charge is 2.20. The largest absolute Gasteiger partial charge is 0.466 e. The van der Waals surface area contributed by atoms with Crippen LogP contribution < -0.4 is 5.32 Å². The van der Waals surface area contributed by atoms with E-state index in [1.54, 1.807) is 0 Å². The maximum Gasteiger partial charge on any atom is 0.305 e. The molecule has 66 heavy (non-hydrogen) atoms. The summed E-state index contributed by atoms with van der Waals surface area (Å²) in [6.45, 7) is 4.93. The lowest BCUT2D eigenvalue weighted by atomic mass is 10.0. The van der Waals surface area contributed by atoms with Crippen molar-refractivity contribution in [2.75, 3.05) is 13.2 Å². The van der Waals surface area contributed by atoms with Gasteiger partial charge in [0.1, 0.15) is 0 Å². The smallest absolute Gasteiger partial charge is 0.305 e. The molecule has 0 rings (SSSR count). The molecule has 6 heteroatoms. The number of ether oxygens (including phenoxy) is 1. The van der Waals surface area contributed by atoms with Gasteiger partial charge in [0, 0.05) is 12.8 Å². The fourth-order valence-corrected chi connectivity index (χ4v) is 9.46. The average Bonchev–Trinajstić information content (AvgIpc) is 3.32. The van der Waals surface area contributed by atoms with Crippen molar-refractivity contribution in [3.8, 4) is 0 Å². The van der Waals surface area contributed by atoms with E-state index in [1.165, 1.54) is 250 Å². The van der Waals surface area contributed by atoms with Gasteiger partial charge in [0.05, 0.1) is 25.4 Å². The Morgan fingerprint density at radius 1 is 0.409 bits per heavy atom. The highest BCUT2D eigenvalue weighted by atomic mass is 16.5. The second kappa shape index (κ2) is 56.2. The van der Waals surface area contributed by atoms with Crippen molar-refractivity contribution in [3.05, 3.63) is 12.2 Å². The van der Waals surface area contributed by atoms with Crippen LogP contribution in [0.15, 0.2) is 12.2 Å². The SMILES string of the molecule is CCCCCC/C=C\CCCCCCCC(=O)OCCCCCCCCCCCCCCCC(=O)NC(CO)C(O)CCCCCCCCCCCCCCCCCCCCCCCCC. The molecule has 2 atom stereocenters. The number of carbonyl (C=O) groups is 2. The van der Waals surface area contributed by atoms with Gasteiger partial charge in [-0.3, -0.25) is 9.59 Å². The molecule has 2 unspecified atom stereocenters. The minimum absolute atomic E-state index is 0.0135. The van der Waals surface area contributed by atoms with Crippen molar-refractivity contribution in [2.45, 2.75) is 347 Å². The van der Waals surface area contributed by atoms with Gasteiger partial charge in [-0.05, 0) is 51.4 Å². The first-order valence-electron chi connectivity index (χ1n) is 29.9. The van der Waals surface area contributed by atoms with Crippen LogP contribution in [0, 0.1) is 0 Å². The highest BCUT2D eigenvalue weighted by molar-refractivity contribution is 5.76. The Hall–Kier alpha value is -1.40. The van der Waals surface area contributed by atoms with Gasteiger partial charge in [0.2, 0.25) is 5.91 Å². The number of aliphatic hydroxyl groups is 2. The van der Waals surface area contributed by atoms with Gasteiger partial charge in [0.25, 0.3) is 0 Å². The first-order chi connectivity index (χ1) is 32.5. The summed E-state index contributed by atoms with van der Waals surface area (Å²) in [7, 11) is 0. The molecule has 0 radical (unpaired) electrons. The first-order valence-corrected chi connectivity index (χ1v) is 29.9. The molecule has 0 aromatic heterocycles.